The number of nitrogens with one attached hydrogen (secondary N) is 1. The van der Waals surface area contributed by atoms with Crippen LogP contribution in [0.5, 0.6) is 0 Å². The number of hydrogen-bond acceptors (Lipinski definition) is 2. The van der Waals surface area contributed by atoms with Crippen LogP contribution in [0.2, 0.25) is 0 Å². The summed E-state index contributed by atoms with van der Waals surface area (Å²) in [6, 6.07) is 2.41. The molecule has 3 nitrogen and oxygen atoms in total. The van der Waals surface area contributed by atoms with Gasteiger partial charge in [0.2, 0.25) is 10.0 Å². The van der Waals surface area contributed by atoms with E-state index >= 15 is 0 Å². The highest BCUT2D eigenvalue weighted by Crippen LogP contribution is 1.96. The maximum absolute atomic E-state index is 11.2. The molecule has 0 saturated heterocycles. The Labute approximate surface area is 81.0 Å². The molecule has 0 heterocycles. The van der Waals surface area contributed by atoms with E-state index in [0.717, 1.165) is 12.8 Å². The van der Waals surface area contributed by atoms with Gasteiger partial charge < -0.3 is 0 Å². The Kier molecular flexibility index (Phi) is 6.43. The van der Waals surface area contributed by atoms with E-state index in [1.165, 1.54) is 0 Å². The number of sulfonamides is 1. The third-order valence-electron chi connectivity index (χ3n) is 1.49. The molecule has 0 spiro atoms. The van der Waals surface area contributed by atoms with Crippen LogP contribution < -0.4 is 4.72 Å². The molecule has 0 aliphatic carbocycles. The quantitative estimate of drug-likeness (QED) is 0.418. The van der Waals surface area contributed by atoms with Crippen LogP contribution in [0.15, 0.2) is 0 Å². The summed E-state index contributed by atoms with van der Waals surface area (Å²) in [7, 11) is -3.15. The Balaban J connectivity index is 3.81. The Morgan fingerprint density at radius 1 is 1.23 bits per heavy atom. The van der Waals surface area contributed by atoms with Crippen molar-refractivity contribution in [3.63, 3.8) is 0 Å². The van der Waals surface area contributed by atoms with Crippen molar-refractivity contribution in [3.05, 3.63) is 0 Å². The van der Waals surface area contributed by atoms with Crippen LogP contribution in [-0.2, 0) is 10.0 Å². The van der Waals surface area contributed by atoms with Crippen molar-refractivity contribution < 1.29 is 8.42 Å². The number of unbranched alkanes of at least 4 members (excludes halogenated alkanes) is 2. The monoisotopic (exact) mass is 203 g/mol. The van der Waals surface area contributed by atoms with E-state index < -0.39 is 10.0 Å². The van der Waals surface area contributed by atoms with Gasteiger partial charge in [0, 0.05) is 12.5 Å². The molecule has 0 aliphatic rings. The lowest BCUT2D eigenvalue weighted by Gasteiger charge is -2.00. The molecule has 0 aromatic carbocycles. The molecule has 0 radical (unpaired) electrons. The first kappa shape index (κ1) is 12.3. The van der Waals surface area contributed by atoms with Gasteiger partial charge in [0.15, 0.2) is 0 Å². The lowest BCUT2D eigenvalue weighted by Crippen LogP contribution is -2.21. The Morgan fingerprint density at radius 2 is 1.92 bits per heavy atom. The zero-order chi connectivity index (χ0) is 10.2. The summed E-state index contributed by atoms with van der Waals surface area (Å²) >= 11 is 0. The van der Waals surface area contributed by atoms with Gasteiger partial charge in [-0.25, -0.2) is 13.1 Å². The summed E-state index contributed by atoms with van der Waals surface area (Å²) in [6.07, 6.45) is 3.34. The van der Waals surface area contributed by atoms with Crippen molar-refractivity contribution in [2.75, 3.05) is 5.75 Å². The van der Waals surface area contributed by atoms with E-state index in [0.29, 0.717) is 12.8 Å². The molecule has 0 aromatic rings. The first-order valence-electron chi connectivity index (χ1n) is 4.59. The average molecular weight is 203 g/mol. The van der Waals surface area contributed by atoms with Crippen molar-refractivity contribution in [3.8, 4) is 12.0 Å². The molecule has 0 unspecified atom stereocenters. The van der Waals surface area contributed by atoms with Crippen molar-refractivity contribution >= 4 is 10.0 Å². The molecule has 4 heteroatoms. The van der Waals surface area contributed by atoms with Gasteiger partial charge in [-0.3, -0.25) is 0 Å². The van der Waals surface area contributed by atoms with Crippen LogP contribution in [0.4, 0.5) is 0 Å². The topological polar surface area (TPSA) is 46.2 Å². The normalized spacial score (nSPS) is 10.3. The fourth-order valence-electron chi connectivity index (χ4n) is 0.795. The second-order valence-electron chi connectivity index (χ2n) is 2.78. The molecule has 0 saturated carbocycles. The molecule has 0 aromatic heterocycles. The summed E-state index contributed by atoms with van der Waals surface area (Å²) in [5.74, 6) is 2.83. The molecule has 13 heavy (non-hydrogen) atoms. The van der Waals surface area contributed by atoms with Gasteiger partial charge in [-0.1, -0.05) is 32.6 Å². The Bertz CT molecular complexity index is 272. The molecule has 0 fully saturated rings. The summed E-state index contributed by atoms with van der Waals surface area (Å²) in [5, 5.41) is 0. The van der Waals surface area contributed by atoms with Crippen molar-refractivity contribution in [2.45, 2.75) is 39.5 Å². The van der Waals surface area contributed by atoms with E-state index in [-0.39, 0.29) is 5.75 Å². The van der Waals surface area contributed by atoms with Crippen molar-refractivity contribution in [1.82, 2.24) is 4.72 Å². The highest BCUT2D eigenvalue weighted by atomic mass is 32.2. The largest absolute Gasteiger partial charge is 0.242 e. The lowest BCUT2D eigenvalue weighted by atomic mass is 10.3. The smallest absolute Gasteiger partial charge is 0.239 e. The molecule has 0 amide bonds. The highest BCUT2D eigenvalue weighted by Gasteiger charge is 2.05. The van der Waals surface area contributed by atoms with Gasteiger partial charge in [-0.15, -0.1) is 0 Å². The minimum Gasteiger partial charge on any atom is -0.242 e. The number of rotatable bonds is 5. The van der Waals surface area contributed by atoms with E-state index in [1.807, 2.05) is 13.8 Å². The van der Waals surface area contributed by atoms with Crippen molar-refractivity contribution in [1.29, 1.82) is 0 Å². The zero-order valence-corrected chi connectivity index (χ0v) is 9.08. The molecule has 0 atom stereocenters. The first-order valence-corrected chi connectivity index (χ1v) is 6.25. The molecule has 0 bridgehead atoms. The van der Waals surface area contributed by atoms with Crippen LogP contribution in [0.25, 0.3) is 0 Å². The van der Waals surface area contributed by atoms with Crippen LogP contribution in [-0.4, -0.2) is 14.2 Å². The van der Waals surface area contributed by atoms with Gasteiger partial charge in [-0.05, 0) is 6.42 Å². The van der Waals surface area contributed by atoms with Crippen LogP contribution in [0.1, 0.15) is 39.5 Å². The summed E-state index contributed by atoms with van der Waals surface area (Å²) in [4.78, 5) is 0. The van der Waals surface area contributed by atoms with E-state index in [9.17, 15) is 8.42 Å². The number of hydrogen-bond donors (Lipinski definition) is 1. The summed E-state index contributed by atoms with van der Waals surface area (Å²) in [5.41, 5.74) is 0. The van der Waals surface area contributed by atoms with E-state index in [1.54, 1.807) is 0 Å². The minimum absolute atomic E-state index is 0.180. The second-order valence-corrected chi connectivity index (χ2v) is 4.63. The van der Waals surface area contributed by atoms with Gasteiger partial charge in [0.05, 0.1) is 5.75 Å². The second kappa shape index (κ2) is 6.79. The van der Waals surface area contributed by atoms with Gasteiger partial charge in [-0.2, -0.15) is 0 Å². The third-order valence-corrected chi connectivity index (χ3v) is 2.73. The average Bonchev–Trinajstić information content (AvgIpc) is 2.05. The highest BCUT2D eigenvalue weighted by molar-refractivity contribution is 7.89. The molecular weight excluding hydrogens is 186 g/mol. The molecule has 1 N–H and O–H groups in total. The molecule has 76 valence electrons. The maximum atomic E-state index is 11.2. The van der Waals surface area contributed by atoms with E-state index in [2.05, 4.69) is 16.7 Å². The third kappa shape index (κ3) is 7.66. The van der Waals surface area contributed by atoms with Crippen LogP contribution >= 0.6 is 0 Å². The van der Waals surface area contributed by atoms with Crippen LogP contribution in [0.3, 0.4) is 0 Å². The molecule has 0 rings (SSSR count). The molecule has 0 aliphatic heterocycles. The fraction of sp³-hybridized carbons (Fsp3) is 0.778. The van der Waals surface area contributed by atoms with Crippen LogP contribution in [0, 0.1) is 12.0 Å². The predicted octanol–water partition coefficient (Wildman–Crippen LogP) is 1.47. The fourth-order valence-corrected chi connectivity index (χ4v) is 1.71. The van der Waals surface area contributed by atoms with E-state index in [4.69, 9.17) is 0 Å². The summed E-state index contributed by atoms with van der Waals surface area (Å²) in [6.45, 7) is 3.91. The minimum atomic E-state index is -3.15. The maximum Gasteiger partial charge on any atom is 0.239 e. The predicted molar refractivity (Wildman–Crippen MR) is 54.5 cm³/mol. The van der Waals surface area contributed by atoms with Gasteiger partial charge in [0.1, 0.15) is 0 Å². The lowest BCUT2D eigenvalue weighted by molar-refractivity contribution is 0.586. The Morgan fingerprint density at radius 3 is 2.46 bits per heavy atom. The first-order chi connectivity index (χ1) is 6.12. The molecular formula is C9H17NO2S. The standard InChI is InChI=1S/C9H17NO2S/c1-3-5-7-9-13(11,12)10-8-6-4-2/h10H,3-5,7,9H2,1-2H3. The van der Waals surface area contributed by atoms with Crippen molar-refractivity contribution in [2.24, 2.45) is 0 Å². The Hall–Kier alpha value is -0.690. The van der Waals surface area contributed by atoms with Gasteiger partial charge >= 0.3 is 0 Å². The SMILES string of the molecule is CCC#CNS(=O)(=O)CCCCC. The zero-order valence-electron chi connectivity index (χ0n) is 8.26. The summed E-state index contributed by atoms with van der Waals surface area (Å²) < 4.78 is 24.6. The van der Waals surface area contributed by atoms with Gasteiger partial charge in [0.25, 0.3) is 0 Å².